The standard InChI is InChI=1S/C14H21NO2/c1-11-9-14(7-5-4-6-8-14)15(2)10-12(11)13(16)17-3/h9-10H,4-8H2,1-3H3. The van der Waals surface area contributed by atoms with Gasteiger partial charge in [0, 0.05) is 13.2 Å². The van der Waals surface area contributed by atoms with Crippen molar-refractivity contribution in [3.63, 3.8) is 0 Å². The van der Waals surface area contributed by atoms with E-state index in [9.17, 15) is 4.79 Å². The van der Waals surface area contributed by atoms with Crippen LogP contribution in [-0.2, 0) is 9.53 Å². The monoisotopic (exact) mass is 235 g/mol. The number of esters is 1. The van der Waals surface area contributed by atoms with E-state index in [0.29, 0.717) is 5.57 Å². The third-order valence-corrected chi connectivity index (χ3v) is 4.06. The van der Waals surface area contributed by atoms with E-state index < -0.39 is 0 Å². The molecule has 0 unspecified atom stereocenters. The zero-order valence-electron chi connectivity index (χ0n) is 11.0. The van der Waals surface area contributed by atoms with E-state index in [0.717, 1.165) is 5.57 Å². The predicted molar refractivity (Wildman–Crippen MR) is 67.4 cm³/mol. The number of carbonyl (C=O) groups excluding carboxylic acids is 1. The Bertz CT molecular complexity index is 376. The fraction of sp³-hybridized carbons (Fsp3) is 0.643. The van der Waals surface area contributed by atoms with Crippen molar-refractivity contribution in [2.45, 2.75) is 44.6 Å². The van der Waals surface area contributed by atoms with Crippen molar-refractivity contribution < 1.29 is 9.53 Å². The second-order valence-electron chi connectivity index (χ2n) is 5.14. The highest BCUT2D eigenvalue weighted by Gasteiger charge is 2.36. The number of ether oxygens (including phenoxy) is 1. The molecule has 0 aromatic heterocycles. The van der Waals surface area contributed by atoms with E-state index in [2.05, 4.69) is 18.0 Å². The second kappa shape index (κ2) is 4.55. The third kappa shape index (κ3) is 2.11. The van der Waals surface area contributed by atoms with E-state index in [1.54, 1.807) is 0 Å². The van der Waals surface area contributed by atoms with Gasteiger partial charge in [0.1, 0.15) is 0 Å². The number of likely N-dealkylation sites (N-methyl/N-ethyl adjacent to an activating group) is 1. The van der Waals surface area contributed by atoms with Gasteiger partial charge >= 0.3 is 5.97 Å². The first-order valence-electron chi connectivity index (χ1n) is 6.32. The highest BCUT2D eigenvalue weighted by atomic mass is 16.5. The molecule has 1 spiro atoms. The van der Waals surface area contributed by atoms with Crippen LogP contribution in [-0.4, -0.2) is 30.6 Å². The Kier molecular flexibility index (Phi) is 3.27. The SMILES string of the molecule is COC(=O)C1=CN(C)C2(C=C1C)CCCCC2. The van der Waals surface area contributed by atoms with Crippen molar-refractivity contribution in [2.75, 3.05) is 14.2 Å². The molecule has 1 saturated carbocycles. The molecule has 94 valence electrons. The van der Waals surface area contributed by atoms with Crippen LogP contribution in [0, 0.1) is 0 Å². The first-order chi connectivity index (χ1) is 8.09. The summed E-state index contributed by atoms with van der Waals surface area (Å²) in [6.07, 6.45) is 10.5. The summed E-state index contributed by atoms with van der Waals surface area (Å²) in [6, 6.07) is 0. The van der Waals surface area contributed by atoms with Crippen molar-refractivity contribution >= 4 is 5.97 Å². The maximum absolute atomic E-state index is 11.6. The van der Waals surface area contributed by atoms with Crippen molar-refractivity contribution in [3.8, 4) is 0 Å². The van der Waals surface area contributed by atoms with Crippen LogP contribution in [0.3, 0.4) is 0 Å². The molecule has 2 rings (SSSR count). The summed E-state index contributed by atoms with van der Waals surface area (Å²) in [5.74, 6) is -0.240. The minimum atomic E-state index is -0.240. The molecular weight excluding hydrogens is 214 g/mol. The lowest BCUT2D eigenvalue weighted by molar-refractivity contribution is -0.136. The summed E-state index contributed by atoms with van der Waals surface area (Å²) in [5.41, 5.74) is 1.88. The fourth-order valence-electron chi connectivity index (χ4n) is 2.99. The number of carbonyl (C=O) groups is 1. The fourth-order valence-corrected chi connectivity index (χ4v) is 2.99. The summed E-state index contributed by atoms with van der Waals surface area (Å²) in [4.78, 5) is 13.8. The Balaban J connectivity index is 2.28. The molecule has 0 saturated heterocycles. The van der Waals surface area contributed by atoms with Crippen LogP contribution in [0.15, 0.2) is 23.4 Å². The molecule has 0 radical (unpaired) electrons. The third-order valence-electron chi connectivity index (χ3n) is 4.06. The van der Waals surface area contributed by atoms with E-state index in [1.807, 2.05) is 13.1 Å². The molecule has 1 fully saturated rings. The lowest BCUT2D eigenvalue weighted by atomic mass is 9.77. The van der Waals surface area contributed by atoms with Crippen molar-refractivity contribution in [2.24, 2.45) is 0 Å². The molecule has 1 heterocycles. The Hall–Kier alpha value is -1.25. The van der Waals surface area contributed by atoms with Gasteiger partial charge in [-0.1, -0.05) is 25.3 Å². The number of methoxy groups -OCH3 is 1. The molecular formula is C14H21NO2. The van der Waals surface area contributed by atoms with Crippen LogP contribution >= 0.6 is 0 Å². The van der Waals surface area contributed by atoms with Gasteiger partial charge in [-0.05, 0) is 25.3 Å². The minimum Gasteiger partial charge on any atom is -0.465 e. The van der Waals surface area contributed by atoms with Crippen molar-refractivity contribution in [3.05, 3.63) is 23.4 Å². The van der Waals surface area contributed by atoms with Crippen LogP contribution < -0.4 is 0 Å². The smallest absolute Gasteiger partial charge is 0.339 e. The summed E-state index contributed by atoms with van der Waals surface area (Å²) >= 11 is 0. The summed E-state index contributed by atoms with van der Waals surface area (Å²) in [7, 11) is 3.50. The Morgan fingerprint density at radius 3 is 2.59 bits per heavy atom. The van der Waals surface area contributed by atoms with Gasteiger partial charge in [0.15, 0.2) is 0 Å². The predicted octanol–water partition coefficient (Wildman–Crippen LogP) is 2.64. The molecule has 0 N–H and O–H groups in total. The van der Waals surface area contributed by atoms with Crippen LogP contribution in [0.25, 0.3) is 0 Å². The molecule has 0 aromatic rings. The molecule has 0 aromatic carbocycles. The maximum Gasteiger partial charge on any atom is 0.339 e. The molecule has 17 heavy (non-hydrogen) atoms. The largest absolute Gasteiger partial charge is 0.465 e. The molecule has 1 aliphatic carbocycles. The average molecular weight is 235 g/mol. The molecule has 3 nitrogen and oxygen atoms in total. The Morgan fingerprint density at radius 2 is 2.00 bits per heavy atom. The number of nitrogens with zero attached hydrogens (tertiary/aromatic N) is 1. The summed E-state index contributed by atoms with van der Waals surface area (Å²) < 4.78 is 4.81. The molecule has 0 amide bonds. The van der Waals surface area contributed by atoms with Crippen LogP contribution in [0.5, 0.6) is 0 Å². The van der Waals surface area contributed by atoms with Gasteiger partial charge in [-0.3, -0.25) is 0 Å². The number of hydrogen-bond acceptors (Lipinski definition) is 3. The number of hydrogen-bond donors (Lipinski definition) is 0. The van der Waals surface area contributed by atoms with E-state index in [-0.39, 0.29) is 11.5 Å². The van der Waals surface area contributed by atoms with E-state index >= 15 is 0 Å². The van der Waals surface area contributed by atoms with Gasteiger partial charge in [0.2, 0.25) is 0 Å². The molecule has 0 atom stereocenters. The van der Waals surface area contributed by atoms with Crippen LogP contribution in [0.1, 0.15) is 39.0 Å². The van der Waals surface area contributed by atoms with Gasteiger partial charge in [0.25, 0.3) is 0 Å². The quantitative estimate of drug-likeness (QED) is 0.654. The van der Waals surface area contributed by atoms with Crippen molar-refractivity contribution in [1.29, 1.82) is 0 Å². The van der Waals surface area contributed by atoms with Crippen molar-refractivity contribution in [1.82, 2.24) is 4.90 Å². The lowest BCUT2D eigenvalue weighted by Gasteiger charge is -2.45. The molecule has 0 bridgehead atoms. The topological polar surface area (TPSA) is 29.5 Å². The zero-order valence-corrected chi connectivity index (χ0v) is 11.0. The molecule has 3 heteroatoms. The average Bonchev–Trinajstić information content (AvgIpc) is 2.34. The van der Waals surface area contributed by atoms with E-state index in [4.69, 9.17) is 4.74 Å². The normalized spacial score (nSPS) is 23.1. The first-order valence-corrected chi connectivity index (χ1v) is 6.32. The highest BCUT2D eigenvalue weighted by Crippen LogP contribution is 2.39. The summed E-state index contributed by atoms with van der Waals surface area (Å²) in [6.45, 7) is 2.01. The Labute approximate surface area is 103 Å². The van der Waals surface area contributed by atoms with Gasteiger partial charge < -0.3 is 9.64 Å². The van der Waals surface area contributed by atoms with E-state index in [1.165, 1.54) is 39.2 Å². The minimum absolute atomic E-state index is 0.139. The number of rotatable bonds is 1. The second-order valence-corrected chi connectivity index (χ2v) is 5.14. The summed E-state index contributed by atoms with van der Waals surface area (Å²) in [5, 5.41) is 0. The van der Waals surface area contributed by atoms with Crippen LogP contribution in [0.2, 0.25) is 0 Å². The molecule has 2 aliphatic rings. The maximum atomic E-state index is 11.6. The Morgan fingerprint density at radius 1 is 1.35 bits per heavy atom. The van der Waals surface area contributed by atoms with Gasteiger partial charge in [-0.15, -0.1) is 0 Å². The van der Waals surface area contributed by atoms with Gasteiger partial charge in [0.05, 0.1) is 18.2 Å². The van der Waals surface area contributed by atoms with Gasteiger partial charge in [-0.25, -0.2) is 4.79 Å². The first kappa shape index (κ1) is 12.2. The van der Waals surface area contributed by atoms with Gasteiger partial charge in [-0.2, -0.15) is 0 Å². The lowest BCUT2D eigenvalue weighted by Crippen LogP contribution is -2.46. The van der Waals surface area contributed by atoms with Crippen LogP contribution in [0.4, 0.5) is 0 Å². The highest BCUT2D eigenvalue weighted by molar-refractivity contribution is 5.93. The zero-order chi connectivity index (χ0) is 12.5. The molecule has 1 aliphatic heterocycles.